The zero-order valence-electron chi connectivity index (χ0n) is 9.96. The number of nitrogens with zero attached hydrogens (tertiary/aromatic N) is 1. The van der Waals surface area contributed by atoms with Gasteiger partial charge in [0.25, 0.3) is 0 Å². The second-order valence-corrected chi connectivity index (χ2v) is 3.89. The number of carbonyl (C=O) groups excluding carboxylic acids is 2. The van der Waals surface area contributed by atoms with Crippen LogP contribution in [0.1, 0.15) is 10.4 Å². The van der Waals surface area contributed by atoms with Gasteiger partial charge in [-0.3, -0.25) is 9.69 Å². The van der Waals surface area contributed by atoms with Gasteiger partial charge in [-0.1, -0.05) is 6.07 Å². The summed E-state index contributed by atoms with van der Waals surface area (Å²) in [6.45, 7) is 0.248. The van der Waals surface area contributed by atoms with Crippen LogP contribution in [0.4, 0.5) is 4.79 Å². The lowest BCUT2D eigenvalue weighted by atomic mass is 10.2. The number of ether oxygens (including phenoxy) is 1. The van der Waals surface area contributed by atoms with Gasteiger partial charge in [0, 0.05) is 0 Å². The Bertz CT molecular complexity index is 513. The molecule has 2 rings (SSSR count). The first-order chi connectivity index (χ1) is 9.08. The molecule has 1 heterocycles. The van der Waals surface area contributed by atoms with E-state index in [-0.39, 0.29) is 31.2 Å². The molecule has 2 N–H and O–H groups in total. The molecule has 0 aliphatic carbocycles. The third kappa shape index (κ3) is 3.01. The number of benzene rings is 1. The molecule has 1 fully saturated rings. The second kappa shape index (κ2) is 5.38. The molecule has 0 radical (unpaired) electrons. The average Bonchev–Trinajstić information content (AvgIpc) is 2.71. The number of rotatable bonds is 5. The van der Waals surface area contributed by atoms with E-state index in [9.17, 15) is 14.4 Å². The fourth-order valence-corrected chi connectivity index (χ4v) is 1.66. The molecule has 1 aliphatic heterocycles. The van der Waals surface area contributed by atoms with Crippen molar-refractivity contribution in [2.24, 2.45) is 0 Å². The van der Waals surface area contributed by atoms with Crippen molar-refractivity contribution in [3.63, 3.8) is 0 Å². The minimum Gasteiger partial charge on any atom is -0.492 e. The van der Waals surface area contributed by atoms with Crippen LogP contribution in [-0.4, -0.2) is 47.6 Å². The van der Waals surface area contributed by atoms with Crippen molar-refractivity contribution in [1.82, 2.24) is 10.2 Å². The lowest BCUT2D eigenvalue weighted by molar-refractivity contribution is -0.125. The SMILES string of the molecule is O=C(O)c1cccc(OCCN2C(=O)CNC2=O)c1. The average molecular weight is 264 g/mol. The molecule has 19 heavy (non-hydrogen) atoms. The molecule has 0 spiro atoms. The predicted octanol–water partition coefficient (Wildman–Crippen LogP) is 0.315. The topological polar surface area (TPSA) is 95.9 Å². The monoisotopic (exact) mass is 264 g/mol. The maximum Gasteiger partial charge on any atom is 0.335 e. The fourth-order valence-electron chi connectivity index (χ4n) is 1.66. The predicted molar refractivity (Wildman–Crippen MR) is 64.0 cm³/mol. The molecule has 3 amide bonds. The van der Waals surface area contributed by atoms with Crippen LogP contribution in [0.25, 0.3) is 0 Å². The first-order valence-corrected chi connectivity index (χ1v) is 5.62. The number of aromatic carboxylic acids is 1. The largest absolute Gasteiger partial charge is 0.492 e. The van der Waals surface area contributed by atoms with Gasteiger partial charge in [-0.15, -0.1) is 0 Å². The van der Waals surface area contributed by atoms with E-state index < -0.39 is 12.0 Å². The van der Waals surface area contributed by atoms with Crippen LogP contribution >= 0.6 is 0 Å². The van der Waals surface area contributed by atoms with Crippen LogP contribution in [0.15, 0.2) is 24.3 Å². The van der Waals surface area contributed by atoms with Crippen LogP contribution in [0.5, 0.6) is 5.75 Å². The van der Waals surface area contributed by atoms with Gasteiger partial charge in [-0.2, -0.15) is 0 Å². The molecular formula is C12H12N2O5. The van der Waals surface area contributed by atoms with E-state index in [2.05, 4.69) is 5.32 Å². The van der Waals surface area contributed by atoms with Crippen LogP contribution < -0.4 is 10.1 Å². The lowest BCUT2D eigenvalue weighted by Crippen LogP contribution is -2.34. The molecule has 0 unspecified atom stereocenters. The molecule has 0 atom stereocenters. The quantitative estimate of drug-likeness (QED) is 0.746. The molecule has 0 aromatic heterocycles. The van der Waals surface area contributed by atoms with Crippen LogP contribution in [0.2, 0.25) is 0 Å². The van der Waals surface area contributed by atoms with Crippen molar-refractivity contribution in [3.8, 4) is 5.75 Å². The number of imide groups is 1. The fraction of sp³-hybridized carbons (Fsp3) is 0.250. The van der Waals surface area contributed by atoms with Gasteiger partial charge in [0.2, 0.25) is 5.91 Å². The van der Waals surface area contributed by atoms with E-state index in [1.165, 1.54) is 12.1 Å². The zero-order chi connectivity index (χ0) is 13.8. The molecule has 0 bridgehead atoms. The van der Waals surface area contributed by atoms with Crippen molar-refractivity contribution in [1.29, 1.82) is 0 Å². The standard InChI is InChI=1S/C12H12N2O5/c15-10-7-13-12(18)14(10)4-5-19-9-3-1-2-8(6-9)11(16)17/h1-3,6H,4-5,7H2,(H,13,18)(H,16,17). The van der Waals surface area contributed by atoms with E-state index in [1.54, 1.807) is 12.1 Å². The molecule has 1 aliphatic rings. The molecule has 7 nitrogen and oxygen atoms in total. The minimum absolute atomic E-state index is 0.00727. The van der Waals surface area contributed by atoms with E-state index in [1.807, 2.05) is 0 Å². The highest BCUT2D eigenvalue weighted by molar-refractivity contribution is 6.01. The van der Waals surface area contributed by atoms with Crippen molar-refractivity contribution >= 4 is 17.9 Å². The number of amides is 3. The molecule has 7 heteroatoms. The summed E-state index contributed by atoms with van der Waals surface area (Å²) in [4.78, 5) is 34.3. The maximum atomic E-state index is 11.3. The minimum atomic E-state index is -1.04. The molecule has 100 valence electrons. The van der Waals surface area contributed by atoms with Gasteiger partial charge in [0.15, 0.2) is 0 Å². The summed E-state index contributed by atoms with van der Waals surface area (Å²) in [5, 5.41) is 11.2. The Balaban J connectivity index is 1.89. The summed E-state index contributed by atoms with van der Waals surface area (Å²) in [6.07, 6.45) is 0. The highest BCUT2D eigenvalue weighted by atomic mass is 16.5. The van der Waals surface area contributed by atoms with E-state index in [0.717, 1.165) is 4.90 Å². The summed E-state index contributed by atoms with van der Waals surface area (Å²) >= 11 is 0. The first-order valence-electron chi connectivity index (χ1n) is 5.62. The van der Waals surface area contributed by atoms with E-state index in [0.29, 0.717) is 5.75 Å². The number of carbonyl (C=O) groups is 3. The Morgan fingerprint density at radius 3 is 2.84 bits per heavy atom. The summed E-state index contributed by atoms with van der Waals surface area (Å²) in [5.41, 5.74) is 0.118. The summed E-state index contributed by atoms with van der Waals surface area (Å²) in [7, 11) is 0. The van der Waals surface area contributed by atoms with Crippen molar-refractivity contribution < 1.29 is 24.2 Å². The zero-order valence-corrected chi connectivity index (χ0v) is 9.96. The Kier molecular flexibility index (Phi) is 3.65. The van der Waals surface area contributed by atoms with Gasteiger partial charge in [0.1, 0.15) is 12.4 Å². The summed E-state index contributed by atoms with van der Waals surface area (Å²) < 4.78 is 5.32. The molecule has 1 aromatic carbocycles. The molecule has 1 saturated heterocycles. The molecule has 1 aromatic rings. The maximum absolute atomic E-state index is 11.3. The summed E-state index contributed by atoms with van der Waals surface area (Å²) in [5.74, 6) is -0.959. The third-order valence-electron chi connectivity index (χ3n) is 2.60. The van der Waals surface area contributed by atoms with Crippen LogP contribution in [0, 0.1) is 0 Å². The lowest BCUT2D eigenvalue weighted by Gasteiger charge is -2.13. The van der Waals surface area contributed by atoms with Crippen molar-refractivity contribution in [3.05, 3.63) is 29.8 Å². The van der Waals surface area contributed by atoms with E-state index in [4.69, 9.17) is 9.84 Å². The van der Waals surface area contributed by atoms with Crippen LogP contribution in [0.3, 0.4) is 0 Å². The number of hydrogen-bond acceptors (Lipinski definition) is 4. The number of carboxylic acid groups (broad SMARTS) is 1. The Labute approximate surface area is 108 Å². The van der Waals surface area contributed by atoms with Gasteiger partial charge < -0.3 is 15.2 Å². The smallest absolute Gasteiger partial charge is 0.335 e. The first kappa shape index (κ1) is 12.9. The number of carboxylic acids is 1. The van der Waals surface area contributed by atoms with Crippen molar-refractivity contribution in [2.75, 3.05) is 19.7 Å². The third-order valence-corrected chi connectivity index (χ3v) is 2.60. The van der Waals surface area contributed by atoms with Gasteiger partial charge in [-0.25, -0.2) is 9.59 Å². The Morgan fingerprint density at radius 2 is 2.21 bits per heavy atom. The van der Waals surface area contributed by atoms with Crippen LogP contribution in [-0.2, 0) is 4.79 Å². The van der Waals surface area contributed by atoms with Gasteiger partial charge >= 0.3 is 12.0 Å². The van der Waals surface area contributed by atoms with Crippen molar-refractivity contribution in [2.45, 2.75) is 0 Å². The normalized spacial score (nSPS) is 14.4. The second-order valence-electron chi connectivity index (χ2n) is 3.89. The van der Waals surface area contributed by atoms with E-state index >= 15 is 0 Å². The number of hydrogen-bond donors (Lipinski definition) is 2. The van der Waals surface area contributed by atoms with Gasteiger partial charge in [-0.05, 0) is 18.2 Å². The van der Waals surface area contributed by atoms with Gasteiger partial charge in [0.05, 0.1) is 18.7 Å². The highest BCUT2D eigenvalue weighted by Gasteiger charge is 2.27. The Morgan fingerprint density at radius 1 is 1.42 bits per heavy atom. The highest BCUT2D eigenvalue weighted by Crippen LogP contribution is 2.13. The molecule has 0 saturated carbocycles. The summed E-state index contributed by atoms with van der Waals surface area (Å²) in [6, 6.07) is 5.57. The molecular weight excluding hydrogens is 252 g/mol. The number of urea groups is 1. The number of nitrogens with one attached hydrogen (secondary N) is 1. The Hall–Kier alpha value is -2.57.